The molecule has 0 saturated carbocycles. The van der Waals surface area contributed by atoms with Gasteiger partial charge in [-0.1, -0.05) is 40.2 Å². The average molecular weight is 324 g/mol. The van der Waals surface area contributed by atoms with Gasteiger partial charge in [0.1, 0.15) is 18.2 Å². The SMILES string of the molecule is CC(N)c1ccc(OCc2ccccc2Br)cc1F. The van der Waals surface area contributed by atoms with Gasteiger partial charge in [-0.05, 0) is 19.1 Å². The zero-order valence-corrected chi connectivity index (χ0v) is 12.2. The summed E-state index contributed by atoms with van der Waals surface area (Å²) in [5, 5.41) is 0. The fourth-order valence-corrected chi connectivity index (χ4v) is 2.14. The Morgan fingerprint density at radius 3 is 2.63 bits per heavy atom. The lowest BCUT2D eigenvalue weighted by Gasteiger charge is -2.11. The van der Waals surface area contributed by atoms with Crippen LogP contribution in [0.25, 0.3) is 0 Å². The molecule has 0 bridgehead atoms. The van der Waals surface area contributed by atoms with Gasteiger partial charge in [0.25, 0.3) is 0 Å². The van der Waals surface area contributed by atoms with E-state index in [1.165, 1.54) is 6.07 Å². The molecular formula is C15H15BrFNO. The molecule has 2 N–H and O–H groups in total. The highest BCUT2D eigenvalue weighted by Gasteiger charge is 2.08. The number of nitrogens with two attached hydrogens (primary N) is 1. The molecule has 0 aliphatic heterocycles. The van der Waals surface area contributed by atoms with Crippen molar-refractivity contribution >= 4 is 15.9 Å². The maximum atomic E-state index is 13.7. The molecule has 2 aromatic carbocycles. The zero-order valence-electron chi connectivity index (χ0n) is 10.6. The van der Waals surface area contributed by atoms with Crippen LogP contribution in [-0.4, -0.2) is 0 Å². The van der Waals surface area contributed by atoms with Gasteiger partial charge in [0.05, 0.1) is 0 Å². The van der Waals surface area contributed by atoms with Gasteiger partial charge in [0, 0.05) is 27.7 Å². The summed E-state index contributed by atoms with van der Waals surface area (Å²) in [6.07, 6.45) is 0. The van der Waals surface area contributed by atoms with Crippen LogP contribution in [0.1, 0.15) is 24.1 Å². The van der Waals surface area contributed by atoms with Crippen molar-refractivity contribution in [2.24, 2.45) is 5.73 Å². The van der Waals surface area contributed by atoms with E-state index in [2.05, 4.69) is 15.9 Å². The van der Waals surface area contributed by atoms with Gasteiger partial charge < -0.3 is 10.5 Å². The quantitative estimate of drug-likeness (QED) is 0.915. The van der Waals surface area contributed by atoms with Crippen molar-refractivity contribution in [2.45, 2.75) is 19.6 Å². The van der Waals surface area contributed by atoms with E-state index in [9.17, 15) is 4.39 Å². The molecule has 0 amide bonds. The maximum absolute atomic E-state index is 13.7. The summed E-state index contributed by atoms with van der Waals surface area (Å²) in [4.78, 5) is 0. The van der Waals surface area contributed by atoms with E-state index in [1.807, 2.05) is 24.3 Å². The highest BCUT2D eigenvalue weighted by molar-refractivity contribution is 9.10. The van der Waals surface area contributed by atoms with E-state index in [1.54, 1.807) is 19.1 Å². The molecule has 2 aromatic rings. The smallest absolute Gasteiger partial charge is 0.131 e. The number of benzene rings is 2. The molecule has 4 heteroatoms. The summed E-state index contributed by atoms with van der Waals surface area (Å²) in [6.45, 7) is 2.14. The van der Waals surface area contributed by atoms with Crippen molar-refractivity contribution in [2.75, 3.05) is 0 Å². The summed E-state index contributed by atoms with van der Waals surface area (Å²) in [5.41, 5.74) is 7.17. The monoisotopic (exact) mass is 323 g/mol. The molecule has 1 unspecified atom stereocenters. The Morgan fingerprint density at radius 2 is 2.00 bits per heavy atom. The Morgan fingerprint density at radius 1 is 1.26 bits per heavy atom. The highest BCUT2D eigenvalue weighted by Crippen LogP contribution is 2.23. The molecule has 0 radical (unpaired) electrons. The molecule has 1 atom stereocenters. The molecule has 0 saturated heterocycles. The fraction of sp³-hybridized carbons (Fsp3) is 0.200. The summed E-state index contributed by atoms with van der Waals surface area (Å²) >= 11 is 3.44. The third-order valence-electron chi connectivity index (χ3n) is 2.81. The Bertz CT molecular complexity index is 572. The first-order valence-electron chi connectivity index (χ1n) is 5.99. The minimum atomic E-state index is -0.334. The summed E-state index contributed by atoms with van der Waals surface area (Å²) in [7, 11) is 0. The predicted octanol–water partition coefficient (Wildman–Crippen LogP) is 4.19. The zero-order chi connectivity index (χ0) is 13.8. The van der Waals surface area contributed by atoms with Crippen molar-refractivity contribution in [3.05, 3.63) is 63.9 Å². The molecule has 0 heterocycles. The minimum Gasteiger partial charge on any atom is -0.489 e. The van der Waals surface area contributed by atoms with Crippen molar-refractivity contribution in [1.29, 1.82) is 0 Å². The number of hydrogen-bond donors (Lipinski definition) is 1. The second kappa shape index (κ2) is 6.17. The van der Waals surface area contributed by atoms with Crippen molar-refractivity contribution in [3.63, 3.8) is 0 Å². The van der Waals surface area contributed by atoms with E-state index in [-0.39, 0.29) is 11.9 Å². The lowest BCUT2D eigenvalue weighted by molar-refractivity contribution is 0.303. The van der Waals surface area contributed by atoms with Crippen LogP contribution in [0, 0.1) is 5.82 Å². The molecule has 0 aliphatic carbocycles. The number of hydrogen-bond acceptors (Lipinski definition) is 2. The molecule has 0 aromatic heterocycles. The lowest BCUT2D eigenvalue weighted by Crippen LogP contribution is -2.07. The van der Waals surface area contributed by atoms with Gasteiger partial charge in [-0.25, -0.2) is 4.39 Å². The molecule has 0 fully saturated rings. The third-order valence-corrected chi connectivity index (χ3v) is 3.59. The second-order valence-electron chi connectivity index (χ2n) is 4.35. The second-order valence-corrected chi connectivity index (χ2v) is 5.21. The van der Waals surface area contributed by atoms with Crippen molar-refractivity contribution in [1.82, 2.24) is 0 Å². The highest BCUT2D eigenvalue weighted by atomic mass is 79.9. The van der Waals surface area contributed by atoms with Crippen LogP contribution in [-0.2, 0) is 6.61 Å². The first kappa shape index (κ1) is 14.0. The van der Waals surface area contributed by atoms with E-state index < -0.39 is 0 Å². The normalized spacial score (nSPS) is 12.2. The van der Waals surface area contributed by atoms with Crippen LogP contribution in [0.2, 0.25) is 0 Å². The first-order chi connectivity index (χ1) is 9.08. The predicted molar refractivity (Wildman–Crippen MR) is 77.5 cm³/mol. The summed E-state index contributed by atoms with van der Waals surface area (Å²) in [5.74, 6) is 0.164. The van der Waals surface area contributed by atoms with Crippen LogP contribution >= 0.6 is 15.9 Å². The van der Waals surface area contributed by atoms with E-state index in [0.717, 1.165) is 10.0 Å². The Labute approximate surface area is 120 Å². The number of halogens is 2. The number of rotatable bonds is 4. The number of ether oxygens (including phenoxy) is 1. The lowest BCUT2D eigenvalue weighted by atomic mass is 10.1. The van der Waals surface area contributed by atoms with Gasteiger partial charge in [0.2, 0.25) is 0 Å². The Balaban J connectivity index is 2.08. The molecule has 100 valence electrons. The van der Waals surface area contributed by atoms with E-state index in [4.69, 9.17) is 10.5 Å². The van der Waals surface area contributed by atoms with Crippen LogP contribution in [0.3, 0.4) is 0 Å². The molecule has 0 aliphatic rings. The topological polar surface area (TPSA) is 35.2 Å². The fourth-order valence-electron chi connectivity index (χ4n) is 1.74. The van der Waals surface area contributed by atoms with Gasteiger partial charge in [-0.3, -0.25) is 0 Å². The molecule has 2 nitrogen and oxygen atoms in total. The van der Waals surface area contributed by atoms with Crippen molar-refractivity contribution < 1.29 is 9.13 Å². The van der Waals surface area contributed by atoms with Crippen LogP contribution in [0.5, 0.6) is 5.75 Å². The van der Waals surface area contributed by atoms with E-state index in [0.29, 0.717) is 17.9 Å². The average Bonchev–Trinajstić information content (AvgIpc) is 2.37. The van der Waals surface area contributed by atoms with Gasteiger partial charge in [0.15, 0.2) is 0 Å². The summed E-state index contributed by atoms with van der Waals surface area (Å²) < 4.78 is 20.3. The van der Waals surface area contributed by atoms with Crippen LogP contribution < -0.4 is 10.5 Å². The van der Waals surface area contributed by atoms with Crippen LogP contribution in [0.4, 0.5) is 4.39 Å². The van der Waals surface area contributed by atoms with Crippen LogP contribution in [0.15, 0.2) is 46.9 Å². The van der Waals surface area contributed by atoms with Gasteiger partial charge in [-0.15, -0.1) is 0 Å². The molecule has 19 heavy (non-hydrogen) atoms. The van der Waals surface area contributed by atoms with Crippen molar-refractivity contribution in [3.8, 4) is 5.75 Å². The molecular weight excluding hydrogens is 309 g/mol. The standard InChI is InChI=1S/C15H15BrFNO/c1-10(18)13-7-6-12(8-15(13)17)19-9-11-4-2-3-5-14(11)16/h2-8,10H,9,18H2,1H3. The molecule has 0 spiro atoms. The first-order valence-corrected chi connectivity index (χ1v) is 6.78. The summed E-state index contributed by atoms with van der Waals surface area (Å²) in [6, 6.07) is 12.2. The minimum absolute atomic E-state index is 0.322. The van der Waals surface area contributed by atoms with Gasteiger partial charge in [-0.2, -0.15) is 0 Å². The Kier molecular flexibility index (Phi) is 4.56. The largest absolute Gasteiger partial charge is 0.489 e. The maximum Gasteiger partial charge on any atom is 0.131 e. The van der Waals surface area contributed by atoms with E-state index >= 15 is 0 Å². The Hall–Kier alpha value is -1.39. The molecule has 2 rings (SSSR count). The van der Waals surface area contributed by atoms with Gasteiger partial charge >= 0.3 is 0 Å². The third kappa shape index (κ3) is 3.55.